The average Bonchev–Trinajstić information content (AvgIpc) is 2.70. The third-order valence-corrected chi connectivity index (χ3v) is 7.47. The van der Waals surface area contributed by atoms with Gasteiger partial charge in [-0.05, 0) is 34.7 Å². The predicted octanol–water partition coefficient (Wildman–Crippen LogP) is 3.70. The van der Waals surface area contributed by atoms with Gasteiger partial charge in [0.15, 0.2) is 0 Å². The number of halogens is 1. The first-order valence-corrected chi connectivity index (χ1v) is 11.4. The van der Waals surface area contributed by atoms with Crippen molar-refractivity contribution in [1.29, 1.82) is 0 Å². The van der Waals surface area contributed by atoms with Gasteiger partial charge in [0.2, 0.25) is 5.91 Å². The largest absolute Gasteiger partial charge is 0.465 e. The zero-order valence-electron chi connectivity index (χ0n) is 17.4. The summed E-state index contributed by atoms with van der Waals surface area (Å²) in [6.07, 6.45) is 10.5. The van der Waals surface area contributed by atoms with Gasteiger partial charge in [0.05, 0.1) is 12.1 Å². The first kappa shape index (κ1) is 21.4. The quantitative estimate of drug-likeness (QED) is 0.608. The van der Waals surface area contributed by atoms with E-state index in [1.54, 1.807) is 4.90 Å². The standard InChI is InChI=1S/C23H29BrN2O4/c1-23(2)13-25(21(28)17-8-7-16(24)10-18(17)23)12-20(27)19-9-14-5-3-4-6-15(14)11-26(19)22(29)30/h3,5-6,8,10,14,18-20,27H,4,7,9,11-13H2,1-2H3,(H,29,30). The number of likely N-dealkylation sites (tertiary alicyclic amines) is 2. The number of aliphatic hydroxyl groups is 1. The summed E-state index contributed by atoms with van der Waals surface area (Å²) in [5.41, 5.74) is 1.71. The van der Waals surface area contributed by atoms with E-state index in [2.05, 4.69) is 54.1 Å². The number of amides is 2. The number of carboxylic acid groups (broad SMARTS) is 1. The number of aliphatic hydroxyl groups excluding tert-OH is 1. The third-order valence-electron chi connectivity index (χ3n) is 6.88. The maximum Gasteiger partial charge on any atom is 0.407 e. The molecule has 2 heterocycles. The van der Waals surface area contributed by atoms with Gasteiger partial charge in [-0.15, -0.1) is 0 Å². The summed E-state index contributed by atoms with van der Waals surface area (Å²) >= 11 is 3.56. The lowest BCUT2D eigenvalue weighted by atomic mass is 9.69. The van der Waals surface area contributed by atoms with E-state index in [4.69, 9.17) is 0 Å². The predicted molar refractivity (Wildman–Crippen MR) is 118 cm³/mol. The van der Waals surface area contributed by atoms with Gasteiger partial charge in [0.25, 0.3) is 0 Å². The van der Waals surface area contributed by atoms with Crippen LogP contribution in [0, 0.1) is 17.3 Å². The molecule has 4 rings (SSSR count). The second-order valence-electron chi connectivity index (χ2n) is 9.46. The van der Waals surface area contributed by atoms with E-state index in [-0.39, 0.29) is 29.7 Å². The van der Waals surface area contributed by atoms with Crippen LogP contribution in [0.25, 0.3) is 0 Å². The van der Waals surface area contributed by atoms with Gasteiger partial charge in [0.1, 0.15) is 0 Å². The van der Waals surface area contributed by atoms with E-state index < -0.39 is 18.2 Å². The molecule has 2 amide bonds. The molecule has 30 heavy (non-hydrogen) atoms. The van der Waals surface area contributed by atoms with Crippen LogP contribution in [0.2, 0.25) is 0 Å². The van der Waals surface area contributed by atoms with Crippen molar-refractivity contribution >= 4 is 27.9 Å². The molecule has 0 aromatic heterocycles. The van der Waals surface area contributed by atoms with E-state index in [0.717, 1.165) is 22.0 Å². The number of carbonyl (C=O) groups excluding carboxylic acids is 1. The molecular formula is C23H29BrN2O4. The second kappa shape index (κ2) is 8.00. The molecule has 7 heteroatoms. The van der Waals surface area contributed by atoms with Crippen LogP contribution in [0.5, 0.6) is 0 Å². The van der Waals surface area contributed by atoms with Crippen molar-refractivity contribution in [2.75, 3.05) is 19.6 Å². The smallest absolute Gasteiger partial charge is 0.407 e. The molecule has 0 aromatic carbocycles. The zero-order chi connectivity index (χ0) is 21.6. The topological polar surface area (TPSA) is 81.1 Å². The van der Waals surface area contributed by atoms with Crippen LogP contribution < -0.4 is 0 Å². The van der Waals surface area contributed by atoms with Crippen LogP contribution in [-0.2, 0) is 4.79 Å². The number of hydrogen-bond donors (Lipinski definition) is 2. The highest BCUT2D eigenvalue weighted by atomic mass is 79.9. The fraction of sp³-hybridized carbons (Fsp3) is 0.565. The van der Waals surface area contributed by atoms with Gasteiger partial charge < -0.3 is 15.1 Å². The monoisotopic (exact) mass is 476 g/mol. The molecule has 162 valence electrons. The highest BCUT2D eigenvalue weighted by Gasteiger charge is 2.45. The highest BCUT2D eigenvalue weighted by molar-refractivity contribution is 9.11. The first-order valence-electron chi connectivity index (χ1n) is 10.6. The Hall–Kier alpha value is -1.86. The molecule has 2 saturated heterocycles. The highest BCUT2D eigenvalue weighted by Crippen LogP contribution is 2.44. The number of β-amino-alcohol motifs (C(OH)–C–C–N with tert-alkyl or cyclic N) is 1. The van der Waals surface area contributed by atoms with E-state index in [1.807, 2.05) is 6.08 Å². The summed E-state index contributed by atoms with van der Waals surface area (Å²) in [5, 5.41) is 20.8. The fourth-order valence-corrected chi connectivity index (χ4v) is 5.73. The molecule has 2 aliphatic carbocycles. The number of hydrogen-bond acceptors (Lipinski definition) is 3. The fourth-order valence-electron chi connectivity index (χ4n) is 5.30. The molecule has 0 bridgehead atoms. The van der Waals surface area contributed by atoms with Crippen LogP contribution in [-0.4, -0.2) is 63.8 Å². The normalized spacial score (nSPS) is 31.3. The van der Waals surface area contributed by atoms with Gasteiger partial charge in [-0.2, -0.15) is 0 Å². The zero-order valence-corrected chi connectivity index (χ0v) is 19.0. The summed E-state index contributed by atoms with van der Waals surface area (Å²) in [6.45, 7) is 5.25. The maximum atomic E-state index is 13.2. The van der Waals surface area contributed by atoms with E-state index in [0.29, 0.717) is 25.9 Å². The number of nitrogens with zero attached hydrogens (tertiary/aromatic N) is 2. The van der Waals surface area contributed by atoms with Crippen molar-refractivity contribution < 1.29 is 19.8 Å². The minimum absolute atomic E-state index is 0.0480. The summed E-state index contributed by atoms with van der Waals surface area (Å²) in [6, 6.07) is -0.532. The van der Waals surface area contributed by atoms with Crippen molar-refractivity contribution in [2.45, 2.75) is 45.3 Å². The van der Waals surface area contributed by atoms with Crippen molar-refractivity contribution in [1.82, 2.24) is 9.80 Å². The van der Waals surface area contributed by atoms with E-state index in [9.17, 15) is 19.8 Å². The molecule has 4 atom stereocenters. The summed E-state index contributed by atoms with van der Waals surface area (Å²) in [5.74, 6) is 0.160. The second-order valence-corrected chi connectivity index (χ2v) is 10.5. The Balaban J connectivity index is 1.52. The summed E-state index contributed by atoms with van der Waals surface area (Å²) < 4.78 is 1.09. The Bertz CT molecular complexity index is 872. The van der Waals surface area contributed by atoms with E-state index in [1.165, 1.54) is 4.90 Å². The third kappa shape index (κ3) is 3.89. The summed E-state index contributed by atoms with van der Waals surface area (Å²) in [4.78, 5) is 28.1. The Kier molecular flexibility index (Phi) is 5.70. The van der Waals surface area contributed by atoms with Gasteiger partial charge in [-0.25, -0.2) is 4.79 Å². The molecule has 0 radical (unpaired) electrons. The SMILES string of the molecule is CC1(C)CN(CC(O)C2CC3C=CCC=C3CN2C(=O)O)C(=O)C2=CCC(Br)=CC21. The van der Waals surface area contributed by atoms with Gasteiger partial charge >= 0.3 is 6.09 Å². The van der Waals surface area contributed by atoms with Crippen LogP contribution in [0.3, 0.4) is 0 Å². The molecule has 4 aliphatic rings. The molecule has 0 spiro atoms. The minimum Gasteiger partial charge on any atom is -0.465 e. The number of fused-ring (bicyclic) bond motifs is 2. The number of piperidine rings is 2. The van der Waals surface area contributed by atoms with Gasteiger partial charge in [-0.3, -0.25) is 9.69 Å². The van der Waals surface area contributed by atoms with Crippen molar-refractivity contribution in [3.8, 4) is 0 Å². The van der Waals surface area contributed by atoms with E-state index >= 15 is 0 Å². The number of carbonyl (C=O) groups is 2. The van der Waals surface area contributed by atoms with Crippen molar-refractivity contribution in [3.63, 3.8) is 0 Å². The lowest BCUT2D eigenvalue weighted by Gasteiger charge is -2.47. The van der Waals surface area contributed by atoms with Crippen LogP contribution >= 0.6 is 15.9 Å². The Labute approximate surface area is 185 Å². The molecule has 2 aliphatic heterocycles. The van der Waals surface area contributed by atoms with Crippen LogP contribution in [0.1, 0.15) is 33.1 Å². The van der Waals surface area contributed by atoms with Crippen molar-refractivity contribution in [2.24, 2.45) is 17.3 Å². The molecule has 2 fully saturated rings. The Morgan fingerprint density at radius 2 is 2.13 bits per heavy atom. The number of allylic oxidation sites excluding steroid dienone is 6. The van der Waals surface area contributed by atoms with Crippen LogP contribution in [0.15, 0.2) is 46.0 Å². The minimum atomic E-state index is -1.02. The average molecular weight is 477 g/mol. The van der Waals surface area contributed by atoms with Crippen LogP contribution in [0.4, 0.5) is 4.79 Å². The maximum absolute atomic E-state index is 13.2. The Morgan fingerprint density at radius 3 is 2.87 bits per heavy atom. The molecule has 0 saturated carbocycles. The van der Waals surface area contributed by atoms with Crippen molar-refractivity contribution in [3.05, 3.63) is 46.0 Å². The molecule has 4 unspecified atom stereocenters. The van der Waals surface area contributed by atoms with Gasteiger partial charge in [0, 0.05) is 37.0 Å². The lowest BCUT2D eigenvalue weighted by molar-refractivity contribution is -0.135. The molecule has 2 N–H and O–H groups in total. The number of rotatable bonds is 3. The summed E-state index contributed by atoms with van der Waals surface area (Å²) in [7, 11) is 0. The molecule has 6 nitrogen and oxygen atoms in total. The molecular weight excluding hydrogens is 448 g/mol. The first-order chi connectivity index (χ1) is 14.2. The van der Waals surface area contributed by atoms with Gasteiger partial charge in [-0.1, -0.05) is 60.2 Å². The lowest BCUT2D eigenvalue weighted by Crippen LogP contribution is -2.58. The Morgan fingerprint density at radius 1 is 1.37 bits per heavy atom. The molecule has 0 aromatic rings.